The Balaban J connectivity index is 1.78. The highest BCUT2D eigenvalue weighted by atomic mass is 16.2. The summed E-state index contributed by atoms with van der Waals surface area (Å²) < 4.78 is 0. The lowest BCUT2D eigenvalue weighted by molar-refractivity contribution is -0.125. The smallest absolute Gasteiger partial charge is 0.232 e. The SMILES string of the molecule is CC(C)(C)C(=O)N1CCCc2cc(CC3CCCNC3)ccc21. The van der Waals surface area contributed by atoms with Crippen molar-refractivity contribution in [1.82, 2.24) is 5.32 Å². The molecule has 1 saturated heterocycles. The summed E-state index contributed by atoms with van der Waals surface area (Å²) in [6.45, 7) is 9.20. The molecule has 1 unspecified atom stereocenters. The van der Waals surface area contributed by atoms with E-state index in [9.17, 15) is 4.79 Å². The minimum atomic E-state index is -0.318. The highest BCUT2D eigenvalue weighted by Gasteiger charge is 2.31. The van der Waals surface area contributed by atoms with Gasteiger partial charge in [0.2, 0.25) is 5.91 Å². The van der Waals surface area contributed by atoms with Crippen molar-refractivity contribution < 1.29 is 4.79 Å². The number of piperidine rings is 1. The third-order valence-electron chi connectivity index (χ3n) is 5.07. The Morgan fingerprint density at radius 3 is 2.83 bits per heavy atom. The van der Waals surface area contributed by atoms with Crippen molar-refractivity contribution in [3.8, 4) is 0 Å². The van der Waals surface area contributed by atoms with Gasteiger partial charge in [-0.1, -0.05) is 32.9 Å². The fraction of sp³-hybridized carbons (Fsp3) is 0.650. The predicted molar refractivity (Wildman–Crippen MR) is 95.9 cm³/mol. The highest BCUT2D eigenvalue weighted by Crippen LogP contribution is 2.32. The van der Waals surface area contributed by atoms with Gasteiger partial charge in [-0.25, -0.2) is 0 Å². The van der Waals surface area contributed by atoms with Crippen LogP contribution in [-0.4, -0.2) is 25.5 Å². The third-order valence-corrected chi connectivity index (χ3v) is 5.07. The molecule has 3 nitrogen and oxygen atoms in total. The third kappa shape index (κ3) is 3.77. The molecule has 0 aliphatic carbocycles. The van der Waals surface area contributed by atoms with E-state index in [-0.39, 0.29) is 11.3 Å². The lowest BCUT2D eigenvalue weighted by atomic mass is 9.89. The second-order valence-electron chi connectivity index (χ2n) is 8.19. The van der Waals surface area contributed by atoms with Crippen LogP contribution in [0.4, 0.5) is 5.69 Å². The normalized spacial score (nSPS) is 21.9. The molecule has 1 fully saturated rings. The standard InChI is InChI=1S/C20H30N2O/c1-20(2,3)19(23)22-11-5-7-17-13-15(8-9-18(17)22)12-16-6-4-10-21-14-16/h8-9,13,16,21H,4-7,10-12,14H2,1-3H3. The molecule has 0 aromatic heterocycles. The highest BCUT2D eigenvalue weighted by molar-refractivity contribution is 5.97. The van der Waals surface area contributed by atoms with Gasteiger partial charge in [0.25, 0.3) is 0 Å². The summed E-state index contributed by atoms with van der Waals surface area (Å²) >= 11 is 0. The minimum absolute atomic E-state index is 0.239. The van der Waals surface area contributed by atoms with Crippen molar-refractivity contribution >= 4 is 11.6 Å². The molecule has 23 heavy (non-hydrogen) atoms. The molecule has 0 spiro atoms. The van der Waals surface area contributed by atoms with Gasteiger partial charge < -0.3 is 10.2 Å². The number of nitrogens with one attached hydrogen (secondary N) is 1. The maximum absolute atomic E-state index is 12.7. The lowest BCUT2D eigenvalue weighted by Gasteiger charge is -2.34. The Morgan fingerprint density at radius 1 is 1.30 bits per heavy atom. The topological polar surface area (TPSA) is 32.3 Å². The van der Waals surface area contributed by atoms with E-state index in [0.717, 1.165) is 44.0 Å². The van der Waals surface area contributed by atoms with Crippen LogP contribution in [-0.2, 0) is 17.6 Å². The van der Waals surface area contributed by atoms with E-state index in [0.29, 0.717) is 0 Å². The fourth-order valence-electron chi connectivity index (χ4n) is 3.82. The van der Waals surface area contributed by atoms with Gasteiger partial charge >= 0.3 is 0 Å². The van der Waals surface area contributed by atoms with Gasteiger partial charge in [0.15, 0.2) is 0 Å². The summed E-state index contributed by atoms with van der Waals surface area (Å²) in [5, 5.41) is 3.50. The zero-order chi connectivity index (χ0) is 16.4. The van der Waals surface area contributed by atoms with Gasteiger partial charge in [0, 0.05) is 17.6 Å². The molecule has 2 aliphatic rings. The number of nitrogens with zero attached hydrogens (tertiary/aromatic N) is 1. The zero-order valence-electron chi connectivity index (χ0n) is 14.8. The number of fused-ring (bicyclic) bond motifs is 1. The van der Waals surface area contributed by atoms with Crippen molar-refractivity contribution in [2.45, 2.75) is 52.9 Å². The lowest BCUT2D eigenvalue weighted by Crippen LogP contribution is -2.42. The second-order valence-corrected chi connectivity index (χ2v) is 8.19. The first-order valence-corrected chi connectivity index (χ1v) is 9.09. The quantitative estimate of drug-likeness (QED) is 0.905. The summed E-state index contributed by atoms with van der Waals surface area (Å²) in [5.74, 6) is 1.00. The Bertz CT molecular complexity index is 567. The van der Waals surface area contributed by atoms with Gasteiger partial charge in [-0.15, -0.1) is 0 Å². The van der Waals surface area contributed by atoms with E-state index in [2.05, 4.69) is 23.5 Å². The number of carbonyl (C=O) groups is 1. The molecule has 1 atom stereocenters. The Kier molecular flexibility index (Phi) is 4.77. The molecule has 1 aromatic rings. The molecular formula is C20H30N2O. The molecule has 3 rings (SSSR count). The summed E-state index contributed by atoms with van der Waals surface area (Å²) in [7, 11) is 0. The van der Waals surface area contributed by atoms with Gasteiger partial charge in [0.1, 0.15) is 0 Å². The van der Waals surface area contributed by atoms with Gasteiger partial charge in [-0.3, -0.25) is 4.79 Å². The molecule has 2 heterocycles. The van der Waals surface area contributed by atoms with Crippen LogP contribution in [0.2, 0.25) is 0 Å². The number of anilines is 1. The molecule has 0 radical (unpaired) electrons. The largest absolute Gasteiger partial charge is 0.316 e. The average Bonchev–Trinajstić information content (AvgIpc) is 2.53. The van der Waals surface area contributed by atoms with E-state index in [4.69, 9.17) is 0 Å². The first-order valence-electron chi connectivity index (χ1n) is 9.09. The summed E-state index contributed by atoms with van der Waals surface area (Å²) in [5.41, 5.74) is 3.61. The van der Waals surface area contributed by atoms with Crippen LogP contribution < -0.4 is 10.2 Å². The molecule has 2 aliphatic heterocycles. The van der Waals surface area contributed by atoms with E-state index < -0.39 is 0 Å². The van der Waals surface area contributed by atoms with Crippen LogP contribution in [0, 0.1) is 11.3 Å². The van der Waals surface area contributed by atoms with Gasteiger partial charge in [-0.05, 0) is 68.3 Å². The first kappa shape index (κ1) is 16.5. The van der Waals surface area contributed by atoms with Crippen LogP contribution in [0.5, 0.6) is 0 Å². The number of benzene rings is 1. The van der Waals surface area contributed by atoms with Crippen LogP contribution in [0.25, 0.3) is 0 Å². The molecule has 0 saturated carbocycles. The summed E-state index contributed by atoms with van der Waals surface area (Å²) in [6.07, 6.45) is 5.96. The van der Waals surface area contributed by atoms with Gasteiger partial charge in [0.05, 0.1) is 0 Å². The van der Waals surface area contributed by atoms with Crippen molar-refractivity contribution in [3.63, 3.8) is 0 Å². The molecule has 3 heteroatoms. The Labute approximate surface area is 140 Å². The molecule has 0 bridgehead atoms. The zero-order valence-corrected chi connectivity index (χ0v) is 14.8. The van der Waals surface area contributed by atoms with Crippen molar-refractivity contribution in [3.05, 3.63) is 29.3 Å². The maximum atomic E-state index is 12.7. The van der Waals surface area contributed by atoms with Crippen molar-refractivity contribution in [1.29, 1.82) is 0 Å². The molecule has 1 aromatic carbocycles. The van der Waals surface area contributed by atoms with Crippen LogP contribution in [0.15, 0.2) is 18.2 Å². The maximum Gasteiger partial charge on any atom is 0.232 e. The molecule has 1 amide bonds. The minimum Gasteiger partial charge on any atom is -0.316 e. The molecule has 126 valence electrons. The molecular weight excluding hydrogens is 284 g/mol. The number of aryl methyl sites for hydroxylation is 1. The van der Waals surface area contributed by atoms with Crippen LogP contribution in [0.3, 0.4) is 0 Å². The van der Waals surface area contributed by atoms with Crippen LogP contribution >= 0.6 is 0 Å². The predicted octanol–water partition coefficient (Wildman–Crippen LogP) is 3.55. The van der Waals surface area contributed by atoms with E-state index >= 15 is 0 Å². The number of hydrogen-bond donors (Lipinski definition) is 1. The van der Waals surface area contributed by atoms with Crippen LogP contribution in [0.1, 0.15) is 51.2 Å². The second kappa shape index (κ2) is 6.64. The Morgan fingerprint density at radius 2 is 2.13 bits per heavy atom. The average molecular weight is 314 g/mol. The molecule has 1 N–H and O–H groups in total. The monoisotopic (exact) mass is 314 g/mol. The van der Waals surface area contributed by atoms with Gasteiger partial charge in [-0.2, -0.15) is 0 Å². The number of rotatable bonds is 2. The van der Waals surface area contributed by atoms with Crippen molar-refractivity contribution in [2.24, 2.45) is 11.3 Å². The number of hydrogen-bond acceptors (Lipinski definition) is 2. The fourth-order valence-corrected chi connectivity index (χ4v) is 3.82. The van der Waals surface area contributed by atoms with Crippen molar-refractivity contribution in [2.75, 3.05) is 24.5 Å². The summed E-state index contributed by atoms with van der Waals surface area (Å²) in [6, 6.07) is 6.78. The number of amides is 1. The Hall–Kier alpha value is -1.35. The number of carbonyl (C=O) groups excluding carboxylic acids is 1. The summed E-state index contributed by atoms with van der Waals surface area (Å²) in [4.78, 5) is 14.7. The first-order chi connectivity index (χ1) is 10.9. The van der Waals surface area contributed by atoms with E-state index in [1.165, 1.54) is 30.5 Å². The van der Waals surface area contributed by atoms with E-state index in [1.54, 1.807) is 0 Å². The van der Waals surface area contributed by atoms with E-state index in [1.807, 2.05) is 25.7 Å².